The van der Waals surface area contributed by atoms with E-state index in [1.54, 1.807) is 0 Å². The molecule has 0 aromatic carbocycles. The zero-order chi connectivity index (χ0) is 14.0. The molecule has 3 fully saturated rings. The average molecular weight is 302 g/mol. The van der Waals surface area contributed by atoms with Gasteiger partial charge in [0, 0.05) is 25.0 Å². The summed E-state index contributed by atoms with van der Waals surface area (Å²) in [5.41, 5.74) is 0.240. The second-order valence-electron chi connectivity index (χ2n) is 6.93. The van der Waals surface area contributed by atoms with E-state index in [-0.39, 0.29) is 11.7 Å². The van der Waals surface area contributed by atoms with Crippen LogP contribution in [-0.2, 0) is 9.47 Å². The maximum Gasteiger partial charge on any atom is 0.0837 e. The lowest BCUT2D eigenvalue weighted by Gasteiger charge is -2.39. The van der Waals surface area contributed by atoms with Gasteiger partial charge >= 0.3 is 0 Å². The van der Waals surface area contributed by atoms with Crippen molar-refractivity contribution in [3.05, 3.63) is 0 Å². The van der Waals surface area contributed by atoms with Crippen molar-refractivity contribution in [1.29, 1.82) is 0 Å². The third-order valence-electron chi connectivity index (χ3n) is 5.35. The molecule has 2 saturated heterocycles. The summed E-state index contributed by atoms with van der Waals surface area (Å²) in [7, 11) is 0. The first-order chi connectivity index (χ1) is 9.71. The van der Waals surface area contributed by atoms with Crippen LogP contribution >= 0.6 is 11.6 Å². The topological polar surface area (TPSA) is 21.7 Å². The summed E-state index contributed by atoms with van der Waals surface area (Å²) in [6.07, 6.45) is 9.80. The molecule has 20 heavy (non-hydrogen) atoms. The lowest BCUT2D eigenvalue weighted by molar-refractivity contribution is -0.0969. The monoisotopic (exact) mass is 301 g/mol. The zero-order valence-corrected chi connectivity index (χ0v) is 13.4. The number of ether oxygens (including phenoxy) is 2. The number of hydrogen-bond acceptors (Lipinski definition) is 3. The Balaban J connectivity index is 1.53. The Morgan fingerprint density at radius 2 is 1.95 bits per heavy atom. The van der Waals surface area contributed by atoms with Crippen molar-refractivity contribution in [1.82, 2.24) is 4.90 Å². The molecule has 1 saturated carbocycles. The minimum atomic E-state index is 0.193. The summed E-state index contributed by atoms with van der Waals surface area (Å²) in [6.45, 7) is 5.06. The highest BCUT2D eigenvalue weighted by atomic mass is 35.5. The van der Waals surface area contributed by atoms with Crippen molar-refractivity contribution in [2.45, 2.75) is 75.7 Å². The first-order valence-electron chi connectivity index (χ1n) is 8.30. The molecular formula is C16H28ClNO2. The minimum absolute atomic E-state index is 0.193. The second-order valence-corrected chi connectivity index (χ2v) is 7.24. The normalized spacial score (nSPS) is 38.4. The first-order valence-corrected chi connectivity index (χ1v) is 8.84. The van der Waals surface area contributed by atoms with Gasteiger partial charge in [0.25, 0.3) is 0 Å². The first kappa shape index (κ1) is 15.1. The molecule has 3 atom stereocenters. The predicted molar refractivity (Wildman–Crippen MR) is 81.4 cm³/mol. The fourth-order valence-electron chi connectivity index (χ4n) is 4.07. The van der Waals surface area contributed by atoms with Gasteiger partial charge in [0.2, 0.25) is 0 Å². The molecule has 0 aromatic heterocycles. The van der Waals surface area contributed by atoms with Crippen molar-refractivity contribution in [3.63, 3.8) is 0 Å². The summed E-state index contributed by atoms with van der Waals surface area (Å²) in [5, 5.41) is 0. The molecule has 0 bridgehead atoms. The third kappa shape index (κ3) is 3.32. The number of halogens is 1. The molecule has 0 aromatic rings. The average Bonchev–Trinajstić information content (AvgIpc) is 2.84. The molecule has 0 N–H and O–H groups in total. The second kappa shape index (κ2) is 6.51. The van der Waals surface area contributed by atoms with Crippen LogP contribution in [0.4, 0.5) is 0 Å². The molecule has 3 unspecified atom stereocenters. The molecule has 4 heteroatoms. The van der Waals surface area contributed by atoms with E-state index in [4.69, 9.17) is 21.1 Å². The zero-order valence-electron chi connectivity index (χ0n) is 12.7. The number of morpholine rings is 1. The predicted octanol–water partition coefficient (Wildman–Crippen LogP) is 3.20. The van der Waals surface area contributed by atoms with E-state index in [9.17, 15) is 0 Å². The molecule has 0 radical (unpaired) electrons. The van der Waals surface area contributed by atoms with Gasteiger partial charge < -0.3 is 9.47 Å². The number of alkyl halides is 1. The molecule has 1 spiro atoms. The Morgan fingerprint density at radius 1 is 1.15 bits per heavy atom. The maximum absolute atomic E-state index is 6.49. The molecule has 3 aliphatic rings. The van der Waals surface area contributed by atoms with Gasteiger partial charge in [0.1, 0.15) is 0 Å². The lowest BCUT2D eigenvalue weighted by atomic mass is 9.83. The van der Waals surface area contributed by atoms with Gasteiger partial charge in [-0.3, -0.25) is 4.90 Å². The van der Waals surface area contributed by atoms with Gasteiger partial charge in [0.15, 0.2) is 0 Å². The van der Waals surface area contributed by atoms with E-state index < -0.39 is 0 Å². The SMILES string of the molecule is CC1COC(CCl)CN1CC1CCC2(CCCCC2)O1. The van der Waals surface area contributed by atoms with Crippen LogP contribution in [-0.4, -0.2) is 54.3 Å². The Bertz CT molecular complexity index is 320. The molecule has 2 heterocycles. The summed E-state index contributed by atoms with van der Waals surface area (Å²) in [6, 6.07) is 0.487. The van der Waals surface area contributed by atoms with Crippen molar-refractivity contribution in [3.8, 4) is 0 Å². The highest BCUT2D eigenvalue weighted by molar-refractivity contribution is 6.18. The number of hydrogen-bond donors (Lipinski definition) is 0. The van der Waals surface area contributed by atoms with Gasteiger partial charge in [-0.15, -0.1) is 11.6 Å². The Labute approximate surface area is 127 Å². The fourth-order valence-corrected chi connectivity index (χ4v) is 4.26. The van der Waals surface area contributed by atoms with Gasteiger partial charge in [-0.05, 0) is 32.6 Å². The van der Waals surface area contributed by atoms with E-state index in [2.05, 4.69) is 11.8 Å². The molecule has 3 rings (SSSR count). The molecule has 2 aliphatic heterocycles. The van der Waals surface area contributed by atoms with Crippen LogP contribution < -0.4 is 0 Å². The largest absolute Gasteiger partial charge is 0.374 e. The van der Waals surface area contributed by atoms with E-state index in [0.29, 0.717) is 18.0 Å². The molecular weight excluding hydrogens is 274 g/mol. The maximum atomic E-state index is 6.49. The van der Waals surface area contributed by atoms with E-state index in [1.807, 2.05) is 0 Å². The van der Waals surface area contributed by atoms with Crippen LogP contribution in [0, 0.1) is 0 Å². The standard InChI is InChI=1S/C16H28ClNO2/c1-13-12-19-15(9-17)11-18(13)10-14-5-8-16(20-14)6-3-2-4-7-16/h13-15H,2-12H2,1H3. The van der Waals surface area contributed by atoms with Gasteiger partial charge in [-0.25, -0.2) is 0 Å². The molecule has 3 nitrogen and oxygen atoms in total. The van der Waals surface area contributed by atoms with E-state index in [0.717, 1.165) is 19.7 Å². The third-order valence-corrected chi connectivity index (χ3v) is 5.69. The molecule has 116 valence electrons. The van der Waals surface area contributed by atoms with E-state index >= 15 is 0 Å². The van der Waals surface area contributed by atoms with Crippen LogP contribution in [0.3, 0.4) is 0 Å². The Hall–Kier alpha value is 0.170. The quantitative estimate of drug-likeness (QED) is 0.747. The summed E-state index contributed by atoms with van der Waals surface area (Å²) in [5.74, 6) is 0.596. The fraction of sp³-hybridized carbons (Fsp3) is 1.00. The highest BCUT2D eigenvalue weighted by Gasteiger charge is 2.41. The molecule has 0 amide bonds. The van der Waals surface area contributed by atoms with Gasteiger partial charge in [0.05, 0.1) is 24.4 Å². The smallest absolute Gasteiger partial charge is 0.0837 e. The summed E-state index contributed by atoms with van der Waals surface area (Å²) < 4.78 is 12.2. The highest BCUT2D eigenvalue weighted by Crippen LogP contribution is 2.42. The van der Waals surface area contributed by atoms with Crippen LogP contribution in [0.1, 0.15) is 51.9 Å². The van der Waals surface area contributed by atoms with Crippen LogP contribution in [0.2, 0.25) is 0 Å². The number of rotatable bonds is 3. The van der Waals surface area contributed by atoms with Crippen molar-refractivity contribution >= 4 is 11.6 Å². The van der Waals surface area contributed by atoms with Crippen LogP contribution in [0.5, 0.6) is 0 Å². The van der Waals surface area contributed by atoms with Gasteiger partial charge in [-0.2, -0.15) is 0 Å². The van der Waals surface area contributed by atoms with Crippen LogP contribution in [0.15, 0.2) is 0 Å². The Morgan fingerprint density at radius 3 is 2.70 bits per heavy atom. The van der Waals surface area contributed by atoms with Gasteiger partial charge in [-0.1, -0.05) is 19.3 Å². The van der Waals surface area contributed by atoms with Crippen molar-refractivity contribution < 1.29 is 9.47 Å². The van der Waals surface area contributed by atoms with Crippen molar-refractivity contribution in [2.24, 2.45) is 0 Å². The van der Waals surface area contributed by atoms with Crippen molar-refractivity contribution in [2.75, 3.05) is 25.6 Å². The Kier molecular flexibility index (Phi) is 4.91. The minimum Gasteiger partial charge on any atom is -0.374 e. The van der Waals surface area contributed by atoms with E-state index in [1.165, 1.54) is 44.9 Å². The lowest BCUT2D eigenvalue weighted by Crippen LogP contribution is -2.51. The summed E-state index contributed by atoms with van der Waals surface area (Å²) >= 11 is 5.94. The number of nitrogens with zero attached hydrogens (tertiary/aromatic N) is 1. The molecule has 1 aliphatic carbocycles. The summed E-state index contributed by atoms with van der Waals surface area (Å²) in [4.78, 5) is 2.52. The van der Waals surface area contributed by atoms with Crippen LogP contribution in [0.25, 0.3) is 0 Å².